The fourth-order valence-corrected chi connectivity index (χ4v) is 4.50. The monoisotopic (exact) mass is 329 g/mol. The summed E-state index contributed by atoms with van der Waals surface area (Å²) in [4.78, 5) is 32.9. The minimum Gasteiger partial charge on any atom is -0.332 e. The van der Waals surface area contributed by atoms with Crippen LogP contribution in [-0.2, 0) is 9.36 Å². The second-order valence-corrected chi connectivity index (χ2v) is 7.96. The normalized spacial score (nSPS) is 29.6. The van der Waals surface area contributed by atoms with Crippen LogP contribution < -0.4 is 0 Å². The summed E-state index contributed by atoms with van der Waals surface area (Å²) in [5.74, 6) is -0.406. The Bertz CT molecular complexity index is 599. The number of carbonyl (C=O) groups excluding carboxylic acids is 1. The van der Waals surface area contributed by atoms with Crippen LogP contribution in [0.25, 0.3) is 0 Å². The smallest absolute Gasteiger partial charge is 0.332 e. The van der Waals surface area contributed by atoms with Gasteiger partial charge in [0.1, 0.15) is 5.66 Å². The van der Waals surface area contributed by atoms with Crippen molar-refractivity contribution in [3.8, 4) is 0 Å². The molecule has 1 aromatic carbocycles. The van der Waals surface area contributed by atoms with E-state index < -0.39 is 19.2 Å². The van der Waals surface area contributed by atoms with E-state index in [0.717, 1.165) is 18.4 Å². The summed E-state index contributed by atoms with van der Waals surface area (Å²) in [6.45, 7) is 0. The number of rotatable bonds is 2. The highest BCUT2D eigenvalue weighted by molar-refractivity contribution is 7.53. The van der Waals surface area contributed by atoms with Crippen molar-refractivity contribution in [2.45, 2.75) is 43.4 Å². The minimum atomic E-state index is -4.38. The number of halogens is 1. The molecule has 21 heavy (non-hydrogen) atoms. The van der Waals surface area contributed by atoms with Crippen molar-refractivity contribution in [3.05, 3.63) is 34.9 Å². The van der Waals surface area contributed by atoms with Gasteiger partial charge in [0.05, 0.1) is 6.04 Å². The lowest BCUT2D eigenvalue weighted by Crippen LogP contribution is -2.47. The fraction of sp³-hybridized carbons (Fsp3) is 0.500. The zero-order valence-corrected chi connectivity index (χ0v) is 13.0. The average Bonchev–Trinajstić information content (AvgIpc) is 2.83. The van der Waals surface area contributed by atoms with Crippen molar-refractivity contribution in [1.82, 2.24) is 4.90 Å². The molecule has 1 aromatic rings. The zero-order chi connectivity index (χ0) is 15.2. The summed E-state index contributed by atoms with van der Waals surface area (Å²) in [5, 5.41) is 0.631. The molecule has 2 N–H and O–H groups in total. The molecule has 7 heteroatoms. The maximum absolute atomic E-state index is 12.5. The Morgan fingerprint density at radius 3 is 2.33 bits per heavy atom. The molecule has 0 aromatic heterocycles. The van der Waals surface area contributed by atoms with Gasteiger partial charge in [-0.2, -0.15) is 0 Å². The highest BCUT2D eigenvalue weighted by Gasteiger charge is 2.49. The van der Waals surface area contributed by atoms with Gasteiger partial charge in [0.25, 0.3) is 0 Å². The molecule has 3 atom stereocenters. The molecule has 5 nitrogen and oxygen atoms in total. The second-order valence-electron chi connectivity index (χ2n) is 5.73. The summed E-state index contributed by atoms with van der Waals surface area (Å²) >= 11 is 5.88. The molecule has 3 rings (SSSR count). The van der Waals surface area contributed by atoms with Crippen LogP contribution in [0.3, 0.4) is 0 Å². The maximum Gasteiger partial charge on any atom is 0.337 e. The van der Waals surface area contributed by atoms with Crippen LogP contribution in [-0.4, -0.2) is 32.3 Å². The highest BCUT2D eigenvalue weighted by Crippen LogP contribution is 2.51. The Labute approximate surface area is 128 Å². The SMILES string of the molecule is O=C1C(P(=O)(O)O)CC[C@@H]2CC[C@@H](c3ccc(Cl)cc3)N12. The molecule has 1 amide bonds. The third-order valence-corrected chi connectivity index (χ3v) is 6.02. The zero-order valence-electron chi connectivity index (χ0n) is 11.4. The lowest BCUT2D eigenvalue weighted by atomic mass is 10.0. The van der Waals surface area contributed by atoms with Gasteiger partial charge in [0.15, 0.2) is 0 Å². The van der Waals surface area contributed by atoms with E-state index >= 15 is 0 Å². The van der Waals surface area contributed by atoms with E-state index in [1.807, 2.05) is 12.1 Å². The Morgan fingerprint density at radius 2 is 1.71 bits per heavy atom. The Kier molecular flexibility index (Phi) is 3.87. The van der Waals surface area contributed by atoms with Crippen LogP contribution in [0.4, 0.5) is 0 Å². The molecule has 114 valence electrons. The van der Waals surface area contributed by atoms with Crippen molar-refractivity contribution in [1.29, 1.82) is 0 Å². The summed E-state index contributed by atoms with van der Waals surface area (Å²) in [5.41, 5.74) is -0.205. The molecule has 2 aliphatic heterocycles. The molecule has 1 unspecified atom stereocenters. The molecule has 2 heterocycles. The van der Waals surface area contributed by atoms with Gasteiger partial charge < -0.3 is 14.7 Å². The van der Waals surface area contributed by atoms with E-state index in [2.05, 4.69) is 0 Å². The minimum absolute atomic E-state index is 0.0981. The van der Waals surface area contributed by atoms with Crippen molar-refractivity contribution in [2.24, 2.45) is 0 Å². The molecule has 0 aliphatic carbocycles. The van der Waals surface area contributed by atoms with Crippen molar-refractivity contribution < 1.29 is 19.1 Å². The van der Waals surface area contributed by atoms with Crippen LogP contribution in [0.15, 0.2) is 24.3 Å². The van der Waals surface area contributed by atoms with Gasteiger partial charge in [-0.05, 0) is 43.4 Å². The molecule has 0 saturated carbocycles. The van der Waals surface area contributed by atoms with Crippen molar-refractivity contribution in [3.63, 3.8) is 0 Å². The first-order valence-corrected chi connectivity index (χ1v) is 9.07. The van der Waals surface area contributed by atoms with Gasteiger partial charge >= 0.3 is 7.60 Å². The molecule has 0 spiro atoms. The van der Waals surface area contributed by atoms with Gasteiger partial charge in [-0.3, -0.25) is 9.36 Å². The first kappa shape index (κ1) is 15.0. The van der Waals surface area contributed by atoms with Gasteiger partial charge in [0.2, 0.25) is 5.91 Å². The maximum atomic E-state index is 12.5. The number of carbonyl (C=O) groups is 1. The van der Waals surface area contributed by atoms with Gasteiger partial charge in [-0.15, -0.1) is 0 Å². The van der Waals surface area contributed by atoms with E-state index in [1.54, 1.807) is 17.0 Å². The van der Waals surface area contributed by atoms with E-state index in [1.165, 1.54) is 0 Å². The molecule has 2 aliphatic rings. The number of fused-ring (bicyclic) bond motifs is 1. The Balaban J connectivity index is 1.90. The van der Waals surface area contributed by atoms with Crippen molar-refractivity contribution >= 4 is 25.1 Å². The summed E-state index contributed by atoms with van der Waals surface area (Å²) in [6.07, 6.45) is 2.64. The van der Waals surface area contributed by atoms with Crippen LogP contribution in [0.1, 0.15) is 37.3 Å². The van der Waals surface area contributed by atoms with Crippen LogP contribution in [0.5, 0.6) is 0 Å². The predicted octanol–water partition coefficient (Wildman–Crippen LogP) is 2.71. The highest BCUT2D eigenvalue weighted by atomic mass is 35.5. The molecule has 2 saturated heterocycles. The molecule has 0 radical (unpaired) electrons. The van der Waals surface area contributed by atoms with E-state index in [4.69, 9.17) is 11.6 Å². The van der Waals surface area contributed by atoms with E-state index in [0.29, 0.717) is 11.4 Å². The lowest BCUT2D eigenvalue weighted by molar-refractivity contribution is -0.136. The van der Waals surface area contributed by atoms with Crippen molar-refractivity contribution in [2.75, 3.05) is 0 Å². The van der Waals surface area contributed by atoms with E-state index in [9.17, 15) is 19.1 Å². The molecule has 0 bridgehead atoms. The number of benzene rings is 1. The summed E-state index contributed by atoms with van der Waals surface area (Å²) in [6, 6.07) is 7.31. The van der Waals surface area contributed by atoms with E-state index in [-0.39, 0.29) is 18.5 Å². The average molecular weight is 330 g/mol. The fourth-order valence-electron chi connectivity index (χ4n) is 3.47. The first-order chi connectivity index (χ1) is 9.88. The third kappa shape index (κ3) is 2.76. The summed E-state index contributed by atoms with van der Waals surface area (Å²) in [7, 11) is -4.38. The second kappa shape index (κ2) is 5.40. The number of hydrogen-bond donors (Lipinski definition) is 2. The predicted molar refractivity (Wildman–Crippen MR) is 79.1 cm³/mol. The number of piperidine rings is 1. The molecular formula is C14H17ClNO4P. The quantitative estimate of drug-likeness (QED) is 0.818. The Hall–Kier alpha value is -0.870. The topological polar surface area (TPSA) is 77.8 Å². The van der Waals surface area contributed by atoms with Crippen LogP contribution in [0.2, 0.25) is 5.02 Å². The van der Waals surface area contributed by atoms with Gasteiger partial charge in [-0.1, -0.05) is 23.7 Å². The van der Waals surface area contributed by atoms with Crippen LogP contribution in [0, 0.1) is 0 Å². The van der Waals surface area contributed by atoms with Gasteiger partial charge in [-0.25, -0.2) is 0 Å². The van der Waals surface area contributed by atoms with Crippen LogP contribution >= 0.6 is 19.2 Å². The number of nitrogens with zero attached hydrogens (tertiary/aromatic N) is 1. The Morgan fingerprint density at radius 1 is 1.10 bits per heavy atom. The molecule has 2 fully saturated rings. The largest absolute Gasteiger partial charge is 0.337 e. The third-order valence-electron chi connectivity index (χ3n) is 4.48. The first-order valence-electron chi connectivity index (χ1n) is 7.01. The number of hydrogen-bond acceptors (Lipinski definition) is 2. The molecular weight excluding hydrogens is 313 g/mol. The number of amides is 1. The van der Waals surface area contributed by atoms with Gasteiger partial charge in [0, 0.05) is 11.1 Å². The lowest BCUT2D eigenvalue weighted by Gasteiger charge is -2.38. The summed E-state index contributed by atoms with van der Waals surface area (Å²) < 4.78 is 11.5. The standard InChI is InChI=1S/C14H17ClNO4P/c15-10-3-1-9(2-4-10)12-7-5-11-6-8-13(21(18,19)20)14(17)16(11)12/h1-4,11-13H,5-8H2,(H2,18,19,20)/t11-,12-,13?/m0/s1.